The molecule has 126 valence electrons. The van der Waals surface area contributed by atoms with E-state index < -0.39 is 47.7 Å². The summed E-state index contributed by atoms with van der Waals surface area (Å²) >= 11 is 0. The van der Waals surface area contributed by atoms with Crippen molar-refractivity contribution in [3.05, 3.63) is 23.3 Å². The Labute approximate surface area is 134 Å². The first kappa shape index (κ1) is 16.2. The fourth-order valence-corrected chi connectivity index (χ4v) is 4.28. The minimum atomic E-state index is -1.41. The quantitative estimate of drug-likeness (QED) is 0.423. The fraction of sp³-hybridized carbons (Fsp3) is 0.647. The van der Waals surface area contributed by atoms with Crippen LogP contribution >= 0.6 is 0 Å². The Hall–Kier alpha value is -1.66. The van der Waals surface area contributed by atoms with Crippen LogP contribution in [0.15, 0.2) is 23.3 Å². The van der Waals surface area contributed by atoms with Crippen molar-refractivity contribution in [2.24, 2.45) is 11.8 Å². The number of hydrogen-bond donors (Lipinski definition) is 2. The molecule has 6 atom stereocenters. The Balaban J connectivity index is 2.10. The molecule has 6 nitrogen and oxygen atoms in total. The van der Waals surface area contributed by atoms with E-state index in [4.69, 9.17) is 9.47 Å². The number of esters is 2. The van der Waals surface area contributed by atoms with Crippen molar-refractivity contribution >= 4 is 11.9 Å². The first-order chi connectivity index (χ1) is 10.6. The Morgan fingerprint density at radius 3 is 2.70 bits per heavy atom. The van der Waals surface area contributed by atoms with Crippen LogP contribution in [-0.4, -0.2) is 46.1 Å². The van der Waals surface area contributed by atoms with Gasteiger partial charge in [0.05, 0.1) is 17.6 Å². The summed E-state index contributed by atoms with van der Waals surface area (Å²) in [5.41, 5.74) is 0.689. The second-order valence-corrected chi connectivity index (χ2v) is 7.00. The summed E-state index contributed by atoms with van der Waals surface area (Å²) in [6, 6.07) is 0. The van der Waals surface area contributed by atoms with Crippen LogP contribution in [0, 0.1) is 11.8 Å². The van der Waals surface area contributed by atoms with Crippen LogP contribution in [-0.2, 0) is 19.1 Å². The number of hydrogen-bond acceptors (Lipinski definition) is 6. The largest absolute Gasteiger partial charge is 0.461 e. The van der Waals surface area contributed by atoms with Crippen molar-refractivity contribution in [3.8, 4) is 0 Å². The van der Waals surface area contributed by atoms with Gasteiger partial charge in [0.15, 0.2) is 0 Å². The standard InChI is InChI=1S/C17H22O6/c1-7-5-11(22-9(3)18)13-8(2)16(20)23-15(13)14-10(7)6-12(19)17(14,4)21/h11-15,19,21H,2,5-6H2,1,3-4H3/t11-,12+,13+,14-,15-,17-/m0/s1. The number of aliphatic hydroxyl groups is 2. The molecule has 0 aromatic carbocycles. The van der Waals surface area contributed by atoms with Crippen LogP contribution in [0.3, 0.4) is 0 Å². The third-order valence-electron chi connectivity index (χ3n) is 5.46. The van der Waals surface area contributed by atoms with Gasteiger partial charge in [0, 0.05) is 24.8 Å². The summed E-state index contributed by atoms with van der Waals surface area (Å²) in [5.74, 6) is -2.00. The summed E-state index contributed by atoms with van der Waals surface area (Å²) in [4.78, 5) is 23.5. The third-order valence-corrected chi connectivity index (χ3v) is 5.46. The summed E-state index contributed by atoms with van der Waals surface area (Å²) < 4.78 is 10.9. The van der Waals surface area contributed by atoms with Crippen LogP contribution in [0.2, 0.25) is 0 Å². The van der Waals surface area contributed by atoms with Gasteiger partial charge in [-0.3, -0.25) is 4.79 Å². The van der Waals surface area contributed by atoms with Crippen molar-refractivity contribution in [1.82, 2.24) is 0 Å². The van der Waals surface area contributed by atoms with Crippen molar-refractivity contribution in [2.45, 2.75) is 57.5 Å². The molecule has 23 heavy (non-hydrogen) atoms. The topological polar surface area (TPSA) is 93.1 Å². The molecule has 0 radical (unpaired) electrons. The number of aliphatic hydroxyl groups excluding tert-OH is 1. The smallest absolute Gasteiger partial charge is 0.334 e. The summed E-state index contributed by atoms with van der Waals surface area (Å²) in [6.45, 7) is 8.58. The van der Waals surface area contributed by atoms with E-state index in [-0.39, 0.29) is 5.57 Å². The highest BCUT2D eigenvalue weighted by atomic mass is 16.6. The molecule has 0 spiro atoms. The zero-order valence-electron chi connectivity index (χ0n) is 13.5. The number of ether oxygens (including phenoxy) is 2. The molecule has 2 aliphatic carbocycles. The molecular formula is C17H22O6. The van der Waals surface area contributed by atoms with Gasteiger partial charge in [0.1, 0.15) is 12.2 Å². The van der Waals surface area contributed by atoms with Gasteiger partial charge in [-0.05, 0) is 20.3 Å². The Kier molecular flexibility index (Phi) is 3.65. The minimum absolute atomic E-state index is 0.257. The molecule has 6 heteroatoms. The van der Waals surface area contributed by atoms with Gasteiger partial charge < -0.3 is 19.7 Å². The summed E-state index contributed by atoms with van der Waals surface area (Å²) in [7, 11) is 0. The van der Waals surface area contributed by atoms with E-state index in [2.05, 4.69) is 6.58 Å². The highest BCUT2D eigenvalue weighted by Gasteiger charge is 2.60. The SMILES string of the molecule is C=C1C(=O)O[C@H]2[C@H]1[C@@H](OC(C)=O)CC(C)=C1C[C@@H](O)[C@](C)(O)[C@@H]12. The van der Waals surface area contributed by atoms with E-state index in [9.17, 15) is 19.8 Å². The monoisotopic (exact) mass is 322 g/mol. The molecule has 3 aliphatic rings. The van der Waals surface area contributed by atoms with E-state index in [0.29, 0.717) is 12.8 Å². The summed E-state index contributed by atoms with van der Waals surface area (Å²) in [5, 5.41) is 21.0. The van der Waals surface area contributed by atoms with Gasteiger partial charge in [0.25, 0.3) is 0 Å². The predicted octanol–water partition coefficient (Wildman–Crippen LogP) is 0.868. The molecule has 1 aliphatic heterocycles. The highest BCUT2D eigenvalue weighted by molar-refractivity contribution is 5.91. The van der Waals surface area contributed by atoms with Crippen molar-refractivity contribution < 1.29 is 29.3 Å². The number of carbonyl (C=O) groups excluding carboxylic acids is 2. The van der Waals surface area contributed by atoms with E-state index in [0.717, 1.165) is 11.1 Å². The highest BCUT2D eigenvalue weighted by Crippen LogP contribution is 2.52. The second-order valence-electron chi connectivity index (χ2n) is 7.00. The van der Waals surface area contributed by atoms with Gasteiger partial charge in [-0.25, -0.2) is 4.79 Å². The molecule has 3 rings (SSSR count). The maximum Gasteiger partial charge on any atom is 0.334 e. The first-order valence-electron chi connectivity index (χ1n) is 7.80. The van der Waals surface area contributed by atoms with Gasteiger partial charge in [0.2, 0.25) is 0 Å². The number of fused-ring (bicyclic) bond motifs is 3. The molecule has 0 aromatic rings. The van der Waals surface area contributed by atoms with Crippen LogP contribution in [0.25, 0.3) is 0 Å². The molecule has 1 saturated carbocycles. The van der Waals surface area contributed by atoms with Crippen molar-refractivity contribution in [2.75, 3.05) is 0 Å². The lowest BCUT2D eigenvalue weighted by Gasteiger charge is -2.34. The molecule has 0 bridgehead atoms. The van der Waals surface area contributed by atoms with Crippen LogP contribution in [0.1, 0.15) is 33.6 Å². The Morgan fingerprint density at radius 2 is 2.09 bits per heavy atom. The molecule has 0 aromatic heterocycles. The van der Waals surface area contributed by atoms with E-state index in [1.165, 1.54) is 6.92 Å². The molecular weight excluding hydrogens is 300 g/mol. The molecule has 2 fully saturated rings. The van der Waals surface area contributed by atoms with Crippen molar-refractivity contribution in [3.63, 3.8) is 0 Å². The average molecular weight is 322 g/mol. The van der Waals surface area contributed by atoms with E-state index >= 15 is 0 Å². The van der Waals surface area contributed by atoms with Crippen LogP contribution in [0.4, 0.5) is 0 Å². The first-order valence-corrected chi connectivity index (χ1v) is 7.80. The zero-order valence-corrected chi connectivity index (χ0v) is 13.5. The maximum absolute atomic E-state index is 12.0. The summed E-state index contributed by atoms with van der Waals surface area (Å²) in [6.07, 6.45) is -1.40. The number of rotatable bonds is 1. The average Bonchev–Trinajstić information content (AvgIpc) is 2.79. The zero-order chi connectivity index (χ0) is 17.1. The van der Waals surface area contributed by atoms with Gasteiger partial charge in [-0.15, -0.1) is 0 Å². The van der Waals surface area contributed by atoms with Crippen molar-refractivity contribution in [1.29, 1.82) is 0 Å². The normalized spacial score (nSPS) is 42.9. The molecule has 1 saturated heterocycles. The maximum atomic E-state index is 12.0. The molecule has 2 N–H and O–H groups in total. The lowest BCUT2D eigenvalue weighted by molar-refractivity contribution is -0.154. The number of carbonyl (C=O) groups is 2. The minimum Gasteiger partial charge on any atom is -0.461 e. The molecule has 0 amide bonds. The van der Waals surface area contributed by atoms with Crippen LogP contribution in [0.5, 0.6) is 0 Å². The second kappa shape index (κ2) is 5.18. The van der Waals surface area contributed by atoms with Gasteiger partial charge in [-0.1, -0.05) is 17.7 Å². The third kappa shape index (κ3) is 2.32. The fourth-order valence-electron chi connectivity index (χ4n) is 4.28. The molecule has 1 heterocycles. The molecule has 0 unspecified atom stereocenters. The van der Waals surface area contributed by atoms with E-state index in [1.807, 2.05) is 6.92 Å². The Bertz CT molecular complexity index is 617. The van der Waals surface area contributed by atoms with E-state index in [1.54, 1.807) is 6.92 Å². The van der Waals surface area contributed by atoms with Crippen LogP contribution < -0.4 is 0 Å². The lowest BCUT2D eigenvalue weighted by atomic mass is 9.78. The predicted molar refractivity (Wildman–Crippen MR) is 80.1 cm³/mol. The lowest BCUT2D eigenvalue weighted by Crippen LogP contribution is -2.48. The van der Waals surface area contributed by atoms with Gasteiger partial charge >= 0.3 is 11.9 Å². The Morgan fingerprint density at radius 1 is 1.43 bits per heavy atom. The van der Waals surface area contributed by atoms with Gasteiger partial charge in [-0.2, -0.15) is 0 Å².